The second-order valence-corrected chi connectivity index (χ2v) is 8.88. The maximum atomic E-state index is 13.4. The Labute approximate surface area is 198 Å². The van der Waals surface area contributed by atoms with Crippen molar-refractivity contribution in [2.45, 2.75) is 26.4 Å². The van der Waals surface area contributed by atoms with Gasteiger partial charge in [0.2, 0.25) is 5.91 Å². The summed E-state index contributed by atoms with van der Waals surface area (Å²) in [5, 5.41) is 1.97. The minimum absolute atomic E-state index is 0.0382. The Kier molecular flexibility index (Phi) is 9.15. The SMILES string of the molecule is COCCCN(CC(=O)N(Cc1ccc(F)cc1)Cc1cccs1)C(=O)c1ccccc1C. The fraction of sp³-hybridized carbons (Fsp3) is 0.308. The first kappa shape index (κ1) is 24.6. The number of amides is 2. The summed E-state index contributed by atoms with van der Waals surface area (Å²) in [6.07, 6.45) is 0.629. The monoisotopic (exact) mass is 468 g/mol. The summed E-state index contributed by atoms with van der Waals surface area (Å²) < 4.78 is 18.5. The number of ether oxygens (including phenoxy) is 1. The summed E-state index contributed by atoms with van der Waals surface area (Å²) in [6.45, 7) is 3.53. The highest BCUT2D eigenvalue weighted by Crippen LogP contribution is 2.17. The number of aryl methyl sites for hydroxylation is 1. The molecule has 0 atom stereocenters. The van der Waals surface area contributed by atoms with Crippen molar-refractivity contribution in [2.24, 2.45) is 0 Å². The molecule has 33 heavy (non-hydrogen) atoms. The van der Waals surface area contributed by atoms with Crippen molar-refractivity contribution in [2.75, 3.05) is 26.8 Å². The van der Waals surface area contributed by atoms with Crippen molar-refractivity contribution in [1.82, 2.24) is 9.80 Å². The fourth-order valence-corrected chi connectivity index (χ4v) is 4.25. The highest BCUT2D eigenvalue weighted by atomic mass is 32.1. The molecule has 0 aliphatic rings. The Hall–Kier alpha value is -3.03. The summed E-state index contributed by atoms with van der Waals surface area (Å²) >= 11 is 1.57. The molecule has 0 bridgehead atoms. The molecule has 0 aliphatic heterocycles. The van der Waals surface area contributed by atoms with E-state index in [-0.39, 0.29) is 24.2 Å². The molecule has 3 aromatic rings. The Balaban J connectivity index is 1.80. The summed E-state index contributed by atoms with van der Waals surface area (Å²) in [5.74, 6) is -0.648. The van der Waals surface area contributed by atoms with E-state index in [0.717, 1.165) is 16.0 Å². The zero-order chi connectivity index (χ0) is 23.6. The minimum atomic E-state index is -0.317. The van der Waals surface area contributed by atoms with Crippen LogP contribution in [0.2, 0.25) is 0 Å². The first-order valence-electron chi connectivity index (χ1n) is 10.9. The molecular weight excluding hydrogens is 439 g/mol. The number of halogens is 1. The van der Waals surface area contributed by atoms with E-state index in [1.165, 1.54) is 12.1 Å². The molecule has 2 aromatic carbocycles. The largest absolute Gasteiger partial charge is 0.385 e. The Morgan fingerprint density at radius 2 is 1.73 bits per heavy atom. The molecule has 174 valence electrons. The smallest absolute Gasteiger partial charge is 0.254 e. The standard InChI is InChI=1S/C26H29FN2O3S/c1-20-7-3-4-9-24(20)26(31)28(14-6-15-32-2)19-25(30)29(18-23-8-5-16-33-23)17-21-10-12-22(27)13-11-21/h3-5,7-13,16H,6,14-15,17-19H2,1-2H3. The third-order valence-electron chi connectivity index (χ3n) is 5.33. The van der Waals surface area contributed by atoms with Crippen LogP contribution in [0.3, 0.4) is 0 Å². The van der Waals surface area contributed by atoms with Crippen LogP contribution in [0.15, 0.2) is 66.0 Å². The highest BCUT2D eigenvalue weighted by molar-refractivity contribution is 7.09. The summed E-state index contributed by atoms with van der Waals surface area (Å²) in [4.78, 5) is 31.1. The minimum Gasteiger partial charge on any atom is -0.385 e. The van der Waals surface area contributed by atoms with Gasteiger partial charge < -0.3 is 14.5 Å². The van der Waals surface area contributed by atoms with Crippen LogP contribution in [0.25, 0.3) is 0 Å². The molecule has 0 unspecified atom stereocenters. The van der Waals surface area contributed by atoms with Crippen LogP contribution < -0.4 is 0 Å². The summed E-state index contributed by atoms with van der Waals surface area (Å²) in [7, 11) is 1.62. The van der Waals surface area contributed by atoms with E-state index in [1.807, 2.05) is 42.6 Å². The van der Waals surface area contributed by atoms with E-state index in [4.69, 9.17) is 4.74 Å². The Bertz CT molecular complexity index is 1040. The fourth-order valence-electron chi connectivity index (χ4n) is 3.53. The Morgan fingerprint density at radius 3 is 2.39 bits per heavy atom. The average molecular weight is 469 g/mol. The lowest BCUT2D eigenvalue weighted by Gasteiger charge is -2.28. The lowest BCUT2D eigenvalue weighted by atomic mass is 10.1. The van der Waals surface area contributed by atoms with Crippen LogP contribution >= 0.6 is 11.3 Å². The maximum absolute atomic E-state index is 13.4. The van der Waals surface area contributed by atoms with Crippen molar-refractivity contribution >= 4 is 23.2 Å². The van der Waals surface area contributed by atoms with Gasteiger partial charge in [-0.3, -0.25) is 9.59 Å². The van der Waals surface area contributed by atoms with Gasteiger partial charge in [-0.05, 0) is 54.1 Å². The number of carbonyl (C=O) groups is 2. The van der Waals surface area contributed by atoms with Gasteiger partial charge in [0, 0.05) is 37.2 Å². The van der Waals surface area contributed by atoms with Crippen molar-refractivity contribution in [3.8, 4) is 0 Å². The molecule has 0 fully saturated rings. The number of benzene rings is 2. The van der Waals surface area contributed by atoms with Crippen molar-refractivity contribution in [1.29, 1.82) is 0 Å². The highest BCUT2D eigenvalue weighted by Gasteiger charge is 2.23. The number of carbonyl (C=O) groups excluding carboxylic acids is 2. The number of rotatable bonds is 11. The molecule has 7 heteroatoms. The quantitative estimate of drug-likeness (QED) is 0.376. The first-order chi connectivity index (χ1) is 16.0. The average Bonchev–Trinajstić information content (AvgIpc) is 3.32. The van der Waals surface area contributed by atoms with Gasteiger partial charge in [-0.1, -0.05) is 36.4 Å². The summed E-state index contributed by atoms with van der Waals surface area (Å²) in [5.41, 5.74) is 2.29. The maximum Gasteiger partial charge on any atom is 0.254 e. The van der Waals surface area contributed by atoms with Gasteiger partial charge in [-0.25, -0.2) is 4.39 Å². The molecule has 0 aliphatic carbocycles. The lowest BCUT2D eigenvalue weighted by Crippen LogP contribution is -2.43. The number of thiophene rings is 1. The number of nitrogens with zero attached hydrogens (tertiary/aromatic N) is 2. The van der Waals surface area contributed by atoms with Gasteiger partial charge in [-0.15, -0.1) is 11.3 Å². The van der Waals surface area contributed by atoms with Crippen molar-refractivity contribution < 1.29 is 18.7 Å². The van der Waals surface area contributed by atoms with E-state index >= 15 is 0 Å². The predicted octanol–water partition coefficient (Wildman–Crippen LogP) is 4.90. The van der Waals surface area contributed by atoms with Crippen LogP contribution in [-0.4, -0.2) is 48.4 Å². The van der Waals surface area contributed by atoms with Crippen molar-refractivity contribution in [3.05, 3.63) is 93.4 Å². The molecule has 0 saturated carbocycles. The lowest BCUT2D eigenvalue weighted by molar-refractivity contribution is -0.133. The van der Waals surface area contributed by atoms with Crippen molar-refractivity contribution in [3.63, 3.8) is 0 Å². The van der Waals surface area contributed by atoms with Crippen LogP contribution in [-0.2, 0) is 22.6 Å². The predicted molar refractivity (Wildman–Crippen MR) is 129 cm³/mol. The van der Waals surface area contributed by atoms with Crippen LogP contribution in [0.4, 0.5) is 4.39 Å². The second-order valence-electron chi connectivity index (χ2n) is 7.84. The molecule has 2 amide bonds. The molecule has 0 radical (unpaired) electrons. The van der Waals surface area contributed by atoms with Gasteiger partial charge >= 0.3 is 0 Å². The molecule has 5 nitrogen and oxygen atoms in total. The molecule has 0 spiro atoms. The van der Waals surface area contributed by atoms with Gasteiger partial charge in [-0.2, -0.15) is 0 Å². The first-order valence-corrected chi connectivity index (χ1v) is 11.7. The molecular formula is C26H29FN2O3S. The van der Waals surface area contributed by atoms with Crippen LogP contribution in [0.1, 0.15) is 32.8 Å². The number of hydrogen-bond donors (Lipinski definition) is 0. The van der Waals surface area contributed by atoms with E-state index in [0.29, 0.717) is 38.2 Å². The number of methoxy groups -OCH3 is 1. The van der Waals surface area contributed by atoms with Crippen LogP contribution in [0.5, 0.6) is 0 Å². The van der Waals surface area contributed by atoms with Gasteiger partial charge in [0.25, 0.3) is 5.91 Å². The molecule has 1 aromatic heterocycles. The summed E-state index contributed by atoms with van der Waals surface area (Å²) in [6, 6.07) is 17.4. The van der Waals surface area contributed by atoms with E-state index in [1.54, 1.807) is 46.4 Å². The Morgan fingerprint density at radius 1 is 0.970 bits per heavy atom. The second kappa shape index (κ2) is 12.3. The zero-order valence-electron chi connectivity index (χ0n) is 19.0. The third-order valence-corrected chi connectivity index (χ3v) is 6.19. The van der Waals surface area contributed by atoms with E-state index in [2.05, 4.69) is 0 Å². The van der Waals surface area contributed by atoms with E-state index < -0.39 is 0 Å². The topological polar surface area (TPSA) is 49.9 Å². The molecule has 0 saturated heterocycles. The van der Waals surface area contributed by atoms with Gasteiger partial charge in [0.1, 0.15) is 12.4 Å². The van der Waals surface area contributed by atoms with Gasteiger partial charge in [0.15, 0.2) is 0 Å². The third kappa shape index (κ3) is 7.23. The van der Waals surface area contributed by atoms with Crippen LogP contribution in [0, 0.1) is 12.7 Å². The van der Waals surface area contributed by atoms with Gasteiger partial charge in [0.05, 0.1) is 6.54 Å². The molecule has 3 rings (SSSR count). The zero-order valence-corrected chi connectivity index (χ0v) is 19.8. The molecule has 0 N–H and O–H groups in total. The molecule has 1 heterocycles. The normalized spacial score (nSPS) is 10.8. The number of hydrogen-bond acceptors (Lipinski definition) is 4. The van der Waals surface area contributed by atoms with E-state index in [9.17, 15) is 14.0 Å².